The van der Waals surface area contributed by atoms with Gasteiger partial charge in [0.2, 0.25) is 5.95 Å². The minimum absolute atomic E-state index is 0.808. The van der Waals surface area contributed by atoms with Crippen LogP contribution in [0, 0.1) is 0 Å². The second-order valence-electron chi connectivity index (χ2n) is 6.59. The summed E-state index contributed by atoms with van der Waals surface area (Å²) >= 11 is 0. The van der Waals surface area contributed by atoms with E-state index in [-0.39, 0.29) is 0 Å². The van der Waals surface area contributed by atoms with Crippen LogP contribution < -0.4 is 15.1 Å². The van der Waals surface area contributed by atoms with Crippen molar-refractivity contribution in [3.8, 4) is 0 Å². The van der Waals surface area contributed by atoms with E-state index in [2.05, 4.69) is 58.2 Å². The second-order valence-corrected chi connectivity index (χ2v) is 6.59. The smallest absolute Gasteiger partial charge is 0.227 e. The first kappa shape index (κ1) is 17.5. The van der Waals surface area contributed by atoms with Gasteiger partial charge in [0.15, 0.2) is 0 Å². The Bertz CT molecular complexity index is 643. The highest BCUT2D eigenvalue weighted by molar-refractivity contribution is 5.61. The molecule has 0 saturated carbocycles. The summed E-state index contributed by atoms with van der Waals surface area (Å²) in [4.78, 5) is 13.8. The van der Waals surface area contributed by atoms with Crippen LogP contribution in [0.2, 0.25) is 0 Å². The molecule has 2 aromatic rings. The summed E-state index contributed by atoms with van der Waals surface area (Å²) in [7, 11) is 0. The van der Waals surface area contributed by atoms with E-state index in [0.717, 1.165) is 43.4 Å². The first-order valence-electron chi connectivity index (χ1n) is 9.50. The molecule has 5 heteroatoms. The minimum atomic E-state index is 0.808. The Morgan fingerprint density at radius 2 is 1.68 bits per heavy atom. The zero-order valence-electron chi connectivity index (χ0n) is 15.4. The van der Waals surface area contributed by atoms with E-state index in [9.17, 15) is 0 Å². The molecule has 0 atom stereocenters. The summed E-state index contributed by atoms with van der Waals surface area (Å²) in [5.41, 5.74) is 2.37. The van der Waals surface area contributed by atoms with E-state index in [1.165, 1.54) is 31.6 Å². The largest absolute Gasteiger partial charge is 0.372 e. The third-order valence-corrected chi connectivity index (χ3v) is 4.52. The average molecular weight is 339 g/mol. The van der Waals surface area contributed by atoms with Gasteiger partial charge in [0.25, 0.3) is 0 Å². The Kier molecular flexibility index (Phi) is 6.09. The summed E-state index contributed by atoms with van der Waals surface area (Å²) in [6.45, 7) is 8.70. The molecule has 0 aliphatic carbocycles. The zero-order valence-corrected chi connectivity index (χ0v) is 15.4. The molecular weight excluding hydrogens is 310 g/mol. The molecule has 1 aromatic carbocycles. The van der Waals surface area contributed by atoms with Crippen LogP contribution in [0.5, 0.6) is 0 Å². The van der Waals surface area contributed by atoms with Crippen LogP contribution in [-0.2, 0) is 0 Å². The molecule has 134 valence electrons. The first-order chi connectivity index (χ1) is 12.3. The van der Waals surface area contributed by atoms with E-state index in [4.69, 9.17) is 4.98 Å². The Balaban J connectivity index is 1.68. The molecule has 0 spiro atoms. The Labute approximate surface area is 151 Å². The van der Waals surface area contributed by atoms with Gasteiger partial charge in [0.1, 0.15) is 5.82 Å². The molecule has 0 bridgehead atoms. The summed E-state index contributed by atoms with van der Waals surface area (Å²) in [5.74, 6) is 1.65. The van der Waals surface area contributed by atoms with Crippen molar-refractivity contribution >= 4 is 23.1 Å². The number of nitrogens with one attached hydrogen (secondary N) is 1. The van der Waals surface area contributed by atoms with Crippen molar-refractivity contribution in [3.63, 3.8) is 0 Å². The normalized spacial score (nSPS) is 13.9. The van der Waals surface area contributed by atoms with Gasteiger partial charge >= 0.3 is 0 Å². The van der Waals surface area contributed by atoms with Gasteiger partial charge in [-0.15, -0.1) is 0 Å². The molecule has 3 rings (SSSR count). The highest BCUT2D eigenvalue weighted by Crippen LogP contribution is 2.24. The topological polar surface area (TPSA) is 44.3 Å². The number of hydrogen-bond acceptors (Lipinski definition) is 5. The maximum Gasteiger partial charge on any atom is 0.227 e. The molecule has 25 heavy (non-hydrogen) atoms. The van der Waals surface area contributed by atoms with Crippen LogP contribution in [0.1, 0.15) is 39.5 Å². The lowest BCUT2D eigenvalue weighted by molar-refractivity contribution is 0.722. The van der Waals surface area contributed by atoms with Crippen LogP contribution in [-0.4, -0.2) is 36.1 Å². The van der Waals surface area contributed by atoms with Crippen LogP contribution in [0.15, 0.2) is 36.5 Å². The van der Waals surface area contributed by atoms with Gasteiger partial charge in [-0.3, -0.25) is 0 Å². The van der Waals surface area contributed by atoms with Gasteiger partial charge in [0, 0.05) is 43.8 Å². The van der Waals surface area contributed by atoms with Crippen molar-refractivity contribution in [1.29, 1.82) is 0 Å². The Morgan fingerprint density at radius 3 is 2.32 bits per heavy atom. The van der Waals surface area contributed by atoms with Gasteiger partial charge in [-0.1, -0.05) is 13.8 Å². The highest BCUT2D eigenvalue weighted by atomic mass is 15.3. The quantitative estimate of drug-likeness (QED) is 0.770. The van der Waals surface area contributed by atoms with Crippen molar-refractivity contribution in [1.82, 2.24) is 9.97 Å². The lowest BCUT2D eigenvalue weighted by atomic mass is 10.2. The molecule has 5 nitrogen and oxygen atoms in total. The van der Waals surface area contributed by atoms with Gasteiger partial charge in [-0.2, -0.15) is 4.98 Å². The van der Waals surface area contributed by atoms with Crippen LogP contribution >= 0.6 is 0 Å². The van der Waals surface area contributed by atoms with Crippen LogP contribution in [0.25, 0.3) is 0 Å². The SMILES string of the molecule is CCCN(CCC)c1nccc(Nc2ccc(N3CCCC3)cc2)n1. The second kappa shape index (κ2) is 8.70. The molecule has 1 aromatic heterocycles. The summed E-state index contributed by atoms with van der Waals surface area (Å²) < 4.78 is 0. The van der Waals surface area contributed by atoms with Crippen LogP contribution in [0.3, 0.4) is 0 Å². The molecule has 1 fully saturated rings. The highest BCUT2D eigenvalue weighted by Gasteiger charge is 2.12. The summed E-state index contributed by atoms with van der Waals surface area (Å²) in [6.07, 6.45) is 6.63. The van der Waals surface area contributed by atoms with E-state index in [1.807, 2.05) is 12.3 Å². The fourth-order valence-corrected chi connectivity index (χ4v) is 3.30. The van der Waals surface area contributed by atoms with Crippen molar-refractivity contribution in [3.05, 3.63) is 36.5 Å². The lowest BCUT2D eigenvalue weighted by Crippen LogP contribution is -2.27. The van der Waals surface area contributed by atoms with Crippen molar-refractivity contribution in [2.45, 2.75) is 39.5 Å². The molecule has 0 amide bonds. The third-order valence-electron chi connectivity index (χ3n) is 4.52. The number of benzene rings is 1. The molecule has 0 radical (unpaired) electrons. The van der Waals surface area contributed by atoms with Crippen molar-refractivity contribution in [2.75, 3.05) is 41.3 Å². The van der Waals surface area contributed by atoms with E-state index < -0.39 is 0 Å². The molecule has 1 saturated heterocycles. The fraction of sp³-hybridized carbons (Fsp3) is 0.500. The molecule has 2 heterocycles. The zero-order chi connectivity index (χ0) is 17.5. The van der Waals surface area contributed by atoms with E-state index in [0.29, 0.717) is 0 Å². The van der Waals surface area contributed by atoms with Gasteiger partial charge in [-0.05, 0) is 56.0 Å². The molecule has 0 unspecified atom stereocenters. The number of rotatable bonds is 8. The number of nitrogens with zero attached hydrogens (tertiary/aromatic N) is 4. The lowest BCUT2D eigenvalue weighted by Gasteiger charge is -2.21. The monoisotopic (exact) mass is 339 g/mol. The van der Waals surface area contributed by atoms with Crippen LogP contribution in [0.4, 0.5) is 23.1 Å². The van der Waals surface area contributed by atoms with Gasteiger partial charge < -0.3 is 15.1 Å². The van der Waals surface area contributed by atoms with Crippen molar-refractivity contribution < 1.29 is 0 Å². The maximum absolute atomic E-state index is 4.70. The summed E-state index contributed by atoms with van der Waals surface area (Å²) in [5, 5.41) is 3.40. The third kappa shape index (κ3) is 4.62. The predicted molar refractivity (Wildman–Crippen MR) is 106 cm³/mol. The average Bonchev–Trinajstić information content (AvgIpc) is 3.17. The predicted octanol–water partition coefficient (Wildman–Crippen LogP) is 4.45. The van der Waals surface area contributed by atoms with E-state index in [1.54, 1.807) is 0 Å². The molecule has 1 aliphatic rings. The first-order valence-corrected chi connectivity index (χ1v) is 9.50. The van der Waals surface area contributed by atoms with Gasteiger partial charge in [-0.25, -0.2) is 4.98 Å². The molecule has 1 aliphatic heterocycles. The number of hydrogen-bond donors (Lipinski definition) is 1. The number of anilines is 4. The minimum Gasteiger partial charge on any atom is -0.372 e. The summed E-state index contributed by atoms with van der Waals surface area (Å²) in [6, 6.07) is 10.6. The Hall–Kier alpha value is -2.30. The maximum atomic E-state index is 4.70. The van der Waals surface area contributed by atoms with Crippen molar-refractivity contribution in [2.24, 2.45) is 0 Å². The van der Waals surface area contributed by atoms with E-state index >= 15 is 0 Å². The fourth-order valence-electron chi connectivity index (χ4n) is 3.30. The Morgan fingerprint density at radius 1 is 1.00 bits per heavy atom. The van der Waals surface area contributed by atoms with Gasteiger partial charge in [0.05, 0.1) is 0 Å². The standard InChI is InChI=1S/C20H29N5/c1-3-13-25(14-4-2)20-21-12-11-19(23-20)22-17-7-9-18(10-8-17)24-15-5-6-16-24/h7-12H,3-6,13-16H2,1-2H3,(H,21,22,23). The molecular formula is C20H29N5. The number of aromatic nitrogens is 2. The molecule has 1 N–H and O–H groups in total.